The van der Waals surface area contributed by atoms with E-state index in [2.05, 4.69) is 0 Å². The number of rotatable bonds is 7. The van der Waals surface area contributed by atoms with Crippen molar-refractivity contribution in [2.24, 2.45) is 0 Å². The standard InChI is InChI=1S/C19H19FO3/c1-3-11-23-18-10-8-14(12-19(18)22-2)7-9-17(21)15-5-4-6-16(20)13-15/h4-10,12-13H,3,11H2,1-2H3/b9-7+. The number of methoxy groups -OCH3 is 1. The Labute approximate surface area is 135 Å². The summed E-state index contributed by atoms with van der Waals surface area (Å²) in [5.41, 5.74) is 1.12. The summed E-state index contributed by atoms with van der Waals surface area (Å²) < 4.78 is 24.0. The molecule has 0 saturated carbocycles. The molecule has 120 valence electrons. The maximum Gasteiger partial charge on any atom is 0.185 e. The van der Waals surface area contributed by atoms with Gasteiger partial charge in [0.25, 0.3) is 0 Å². The minimum atomic E-state index is -0.427. The van der Waals surface area contributed by atoms with Crippen LogP contribution in [0, 0.1) is 5.82 Å². The van der Waals surface area contributed by atoms with Crippen LogP contribution in [0.15, 0.2) is 48.5 Å². The summed E-state index contributed by atoms with van der Waals surface area (Å²) in [4.78, 5) is 12.0. The molecule has 0 aliphatic heterocycles. The number of carbonyl (C=O) groups excluding carboxylic acids is 1. The van der Waals surface area contributed by atoms with E-state index in [0.717, 1.165) is 12.0 Å². The topological polar surface area (TPSA) is 35.5 Å². The van der Waals surface area contributed by atoms with Gasteiger partial charge in [-0.05, 0) is 42.3 Å². The molecule has 0 spiro atoms. The Bertz CT molecular complexity index is 708. The SMILES string of the molecule is CCCOc1ccc(/C=C/C(=O)c2cccc(F)c2)cc1OC. The lowest BCUT2D eigenvalue weighted by atomic mass is 10.1. The third kappa shape index (κ3) is 4.68. The molecular formula is C19H19FO3. The molecule has 0 N–H and O–H groups in total. The fraction of sp³-hybridized carbons (Fsp3) is 0.211. The second-order valence-corrected chi connectivity index (χ2v) is 4.97. The molecule has 0 atom stereocenters. The summed E-state index contributed by atoms with van der Waals surface area (Å²) >= 11 is 0. The molecule has 0 unspecified atom stereocenters. The monoisotopic (exact) mass is 314 g/mol. The molecule has 0 aliphatic rings. The Kier molecular flexibility index (Phi) is 5.92. The number of carbonyl (C=O) groups is 1. The number of allylic oxidation sites excluding steroid dienone is 1. The number of ketones is 1. The zero-order valence-electron chi connectivity index (χ0n) is 13.2. The van der Waals surface area contributed by atoms with Crippen LogP contribution in [0.3, 0.4) is 0 Å². The van der Waals surface area contributed by atoms with E-state index in [4.69, 9.17) is 9.47 Å². The Balaban J connectivity index is 2.14. The van der Waals surface area contributed by atoms with Crippen molar-refractivity contribution in [1.82, 2.24) is 0 Å². The molecule has 0 heterocycles. The minimum Gasteiger partial charge on any atom is -0.493 e. The van der Waals surface area contributed by atoms with Crippen molar-refractivity contribution in [2.45, 2.75) is 13.3 Å². The van der Waals surface area contributed by atoms with Crippen molar-refractivity contribution >= 4 is 11.9 Å². The van der Waals surface area contributed by atoms with Gasteiger partial charge in [-0.15, -0.1) is 0 Å². The van der Waals surface area contributed by atoms with Crippen LogP contribution < -0.4 is 9.47 Å². The van der Waals surface area contributed by atoms with Crippen LogP contribution in [0.5, 0.6) is 11.5 Å². The molecule has 4 heteroatoms. The summed E-state index contributed by atoms with van der Waals surface area (Å²) in [7, 11) is 1.57. The van der Waals surface area contributed by atoms with E-state index in [-0.39, 0.29) is 5.78 Å². The van der Waals surface area contributed by atoms with Crippen molar-refractivity contribution in [3.8, 4) is 11.5 Å². The van der Waals surface area contributed by atoms with Gasteiger partial charge in [0.15, 0.2) is 17.3 Å². The molecule has 3 nitrogen and oxygen atoms in total. The van der Waals surface area contributed by atoms with Gasteiger partial charge in [-0.1, -0.05) is 31.2 Å². The fourth-order valence-corrected chi connectivity index (χ4v) is 2.03. The molecule has 0 bridgehead atoms. The first-order valence-electron chi connectivity index (χ1n) is 7.43. The second kappa shape index (κ2) is 8.13. The largest absolute Gasteiger partial charge is 0.493 e. The van der Waals surface area contributed by atoms with Gasteiger partial charge in [-0.3, -0.25) is 4.79 Å². The molecular weight excluding hydrogens is 295 g/mol. The van der Waals surface area contributed by atoms with Crippen molar-refractivity contribution in [2.75, 3.05) is 13.7 Å². The predicted molar refractivity (Wildman–Crippen MR) is 88.5 cm³/mol. The van der Waals surface area contributed by atoms with Crippen molar-refractivity contribution < 1.29 is 18.7 Å². The van der Waals surface area contributed by atoms with Gasteiger partial charge in [-0.2, -0.15) is 0 Å². The summed E-state index contributed by atoms with van der Waals surface area (Å²) in [6, 6.07) is 11.1. The molecule has 2 aromatic carbocycles. The highest BCUT2D eigenvalue weighted by Crippen LogP contribution is 2.28. The third-order valence-electron chi connectivity index (χ3n) is 3.19. The van der Waals surface area contributed by atoms with E-state index < -0.39 is 5.82 Å². The first-order chi connectivity index (χ1) is 11.1. The summed E-state index contributed by atoms with van der Waals surface area (Å²) in [5, 5.41) is 0. The molecule has 0 amide bonds. The molecule has 2 rings (SSSR count). The van der Waals surface area contributed by atoms with E-state index in [1.54, 1.807) is 31.4 Å². The average Bonchev–Trinajstić information content (AvgIpc) is 2.58. The van der Waals surface area contributed by atoms with Gasteiger partial charge < -0.3 is 9.47 Å². The van der Waals surface area contributed by atoms with Crippen LogP contribution in [-0.2, 0) is 0 Å². The van der Waals surface area contributed by atoms with Crippen LogP contribution in [0.4, 0.5) is 4.39 Å². The highest BCUT2D eigenvalue weighted by Gasteiger charge is 2.06. The smallest absolute Gasteiger partial charge is 0.185 e. The fourth-order valence-electron chi connectivity index (χ4n) is 2.03. The van der Waals surface area contributed by atoms with Crippen LogP contribution in [-0.4, -0.2) is 19.5 Å². The van der Waals surface area contributed by atoms with E-state index >= 15 is 0 Å². The van der Waals surface area contributed by atoms with Crippen molar-refractivity contribution in [3.05, 3.63) is 65.5 Å². The average molecular weight is 314 g/mol. The number of hydrogen-bond acceptors (Lipinski definition) is 3. The minimum absolute atomic E-state index is 0.255. The van der Waals surface area contributed by atoms with Gasteiger partial charge in [0.05, 0.1) is 13.7 Å². The van der Waals surface area contributed by atoms with Crippen molar-refractivity contribution in [3.63, 3.8) is 0 Å². The van der Waals surface area contributed by atoms with E-state index in [0.29, 0.717) is 23.7 Å². The van der Waals surface area contributed by atoms with E-state index in [1.807, 2.05) is 13.0 Å². The second-order valence-electron chi connectivity index (χ2n) is 4.97. The first kappa shape index (κ1) is 16.7. The van der Waals surface area contributed by atoms with Crippen LogP contribution in [0.2, 0.25) is 0 Å². The number of hydrogen-bond donors (Lipinski definition) is 0. The molecule has 0 saturated heterocycles. The highest BCUT2D eigenvalue weighted by atomic mass is 19.1. The number of benzene rings is 2. The maximum absolute atomic E-state index is 13.1. The zero-order valence-corrected chi connectivity index (χ0v) is 13.2. The highest BCUT2D eigenvalue weighted by molar-refractivity contribution is 6.06. The summed E-state index contributed by atoms with van der Waals surface area (Å²) in [6.45, 7) is 2.64. The maximum atomic E-state index is 13.1. The van der Waals surface area contributed by atoms with Crippen molar-refractivity contribution in [1.29, 1.82) is 0 Å². The van der Waals surface area contributed by atoms with Gasteiger partial charge in [0.2, 0.25) is 0 Å². The molecule has 2 aromatic rings. The third-order valence-corrected chi connectivity index (χ3v) is 3.19. The van der Waals surface area contributed by atoms with Gasteiger partial charge in [0.1, 0.15) is 5.82 Å². The van der Waals surface area contributed by atoms with Gasteiger partial charge in [0, 0.05) is 5.56 Å². The zero-order chi connectivity index (χ0) is 16.7. The van der Waals surface area contributed by atoms with Crippen LogP contribution >= 0.6 is 0 Å². The molecule has 0 fully saturated rings. The Morgan fingerprint density at radius 3 is 2.70 bits per heavy atom. The van der Waals surface area contributed by atoms with Gasteiger partial charge >= 0.3 is 0 Å². The van der Waals surface area contributed by atoms with E-state index in [9.17, 15) is 9.18 Å². The molecule has 0 aliphatic carbocycles. The number of ether oxygens (including phenoxy) is 2. The van der Waals surface area contributed by atoms with Crippen LogP contribution in [0.25, 0.3) is 6.08 Å². The van der Waals surface area contributed by atoms with E-state index in [1.165, 1.54) is 24.3 Å². The molecule has 0 aromatic heterocycles. The Hall–Kier alpha value is -2.62. The number of halogens is 1. The van der Waals surface area contributed by atoms with Crippen LogP contribution in [0.1, 0.15) is 29.3 Å². The summed E-state index contributed by atoms with van der Waals surface area (Å²) in [6.07, 6.45) is 3.99. The Morgan fingerprint density at radius 2 is 2.00 bits per heavy atom. The van der Waals surface area contributed by atoms with Gasteiger partial charge in [-0.25, -0.2) is 4.39 Å². The first-order valence-corrected chi connectivity index (χ1v) is 7.43. The molecule has 0 radical (unpaired) electrons. The lowest BCUT2D eigenvalue weighted by Gasteiger charge is -2.10. The summed E-state index contributed by atoms with van der Waals surface area (Å²) in [5.74, 6) is 0.597. The normalized spacial score (nSPS) is 10.7. The predicted octanol–water partition coefficient (Wildman–Crippen LogP) is 4.52. The lowest BCUT2D eigenvalue weighted by molar-refractivity contribution is 0.104. The Morgan fingerprint density at radius 1 is 1.17 bits per heavy atom. The molecule has 23 heavy (non-hydrogen) atoms. The quantitative estimate of drug-likeness (QED) is 0.557. The lowest BCUT2D eigenvalue weighted by Crippen LogP contribution is -1.98.